The van der Waals surface area contributed by atoms with Crippen LogP contribution in [-0.2, 0) is 27.6 Å². The van der Waals surface area contributed by atoms with Crippen molar-refractivity contribution in [2.45, 2.75) is 78.5 Å². The summed E-state index contributed by atoms with van der Waals surface area (Å²) in [7, 11) is -0.310. The van der Waals surface area contributed by atoms with Gasteiger partial charge in [-0.05, 0) is 91.3 Å². The van der Waals surface area contributed by atoms with E-state index in [4.69, 9.17) is 19.4 Å². The number of nitrogens with zero attached hydrogens (tertiary/aromatic N) is 4. The van der Waals surface area contributed by atoms with Gasteiger partial charge in [0.25, 0.3) is 10.0 Å². The number of rotatable bonds is 10. The summed E-state index contributed by atoms with van der Waals surface area (Å²) in [6, 6.07) is 17.7. The first-order chi connectivity index (χ1) is 23.6. The van der Waals surface area contributed by atoms with Crippen molar-refractivity contribution >= 4 is 21.7 Å². The van der Waals surface area contributed by atoms with E-state index >= 15 is 0 Å². The van der Waals surface area contributed by atoms with Crippen molar-refractivity contribution in [3.63, 3.8) is 0 Å². The number of hydrogen-bond acceptors (Lipinski definition) is 8. The number of aryl methyl sites for hydroxylation is 1. The van der Waals surface area contributed by atoms with E-state index in [9.17, 15) is 8.42 Å². The number of fused-ring (bicyclic) bond motifs is 4. The van der Waals surface area contributed by atoms with E-state index in [1.165, 1.54) is 0 Å². The molecule has 0 saturated carbocycles. The van der Waals surface area contributed by atoms with E-state index in [0.717, 1.165) is 58.6 Å². The largest absolute Gasteiger partial charge is 0.477 e. The van der Waals surface area contributed by atoms with E-state index < -0.39 is 10.0 Å². The molecule has 0 saturated heterocycles. The molecular weight excluding hydrogens is 647 g/mol. The van der Waals surface area contributed by atoms with E-state index in [-0.39, 0.29) is 28.1 Å². The minimum atomic E-state index is -4.03. The molecule has 2 atom stereocenters. The predicted molar refractivity (Wildman–Crippen MR) is 202 cm³/mol. The first-order valence-corrected chi connectivity index (χ1v) is 19.0. The lowest BCUT2D eigenvalue weighted by Crippen LogP contribution is -2.28. The molecule has 0 radical (unpaired) electrons. The molecule has 0 fully saturated rings. The first-order valence-electron chi connectivity index (χ1n) is 17.5. The maximum Gasteiger partial charge on any atom is 0.264 e. The molecule has 0 spiro atoms. The Kier molecular flexibility index (Phi) is 11.5. The number of pyridine rings is 1. The van der Waals surface area contributed by atoms with Crippen molar-refractivity contribution < 1.29 is 17.9 Å². The Bertz CT molecular complexity index is 1890. The van der Waals surface area contributed by atoms with Crippen molar-refractivity contribution in [2.24, 2.45) is 17.3 Å². The number of anilines is 2. The van der Waals surface area contributed by atoms with E-state index in [1.807, 2.05) is 32.3 Å². The molecule has 0 amide bonds. The van der Waals surface area contributed by atoms with Crippen LogP contribution in [0, 0.1) is 31.1 Å². The van der Waals surface area contributed by atoms with Crippen molar-refractivity contribution in [2.75, 3.05) is 43.5 Å². The van der Waals surface area contributed by atoms with Crippen LogP contribution < -0.4 is 14.4 Å². The second kappa shape index (κ2) is 15.5. The molecule has 9 nitrogen and oxygen atoms in total. The Hall–Kier alpha value is -4.02. The third-order valence-electron chi connectivity index (χ3n) is 9.33. The fourth-order valence-electron chi connectivity index (χ4n) is 6.89. The molecular formula is C40H53N5O4S. The van der Waals surface area contributed by atoms with Gasteiger partial charge in [-0.15, -0.1) is 0 Å². The number of hydrogen-bond donors (Lipinski definition) is 1. The van der Waals surface area contributed by atoms with Crippen molar-refractivity contribution in [3.8, 4) is 17.1 Å². The number of nitrogens with one attached hydrogen (secondary N) is 1. The summed E-state index contributed by atoms with van der Waals surface area (Å²) in [5.74, 6) is 0.740. The number of sulfonamides is 1. The minimum absolute atomic E-state index is 0.00555. The average molecular weight is 700 g/mol. The number of benzene rings is 2. The average Bonchev–Trinajstić information content (AvgIpc) is 3.05. The van der Waals surface area contributed by atoms with Crippen molar-refractivity contribution in [1.82, 2.24) is 15.0 Å². The zero-order valence-electron chi connectivity index (χ0n) is 31.1. The zero-order chi connectivity index (χ0) is 36.2. The fourth-order valence-corrected chi connectivity index (χ4v) is 7.89. The maximum atomic E-state index is 14.0. The van der Waals surface area contributed by atoms with Gasteiger partial charge < -0.3 is 14.4 Å². The van der Waals surface area contributed by atoms with Crippen LogP contribution in [0.15, 0.2) is 65.7 Å². The lowest BCUT2D eigenvalue weighted by Gasteiger charge is -2.33. The highest BCUT2D eigenvalue weighted by Gasteiger charge is 2.32. The van der Waals surface area contributed by atoms with E-state index in [2.05, 4.69) is 86.5 Å². The third kappa shape index (κ3) is 9.01. The highest BCUT2D eigenvalue weighted by Crippen LogP contribution is 2.40. The normalized spacial score (nSPS) is 17.3. The number of aromatic nitrogens is 3. The summed E-state index contributed by atoms with van der Waals surface area (Å²) in [5, 5.41) is 0. The zero-order valence-corrected chi connectivity index (χ0v) is 31.9. The van der Waals surface area contributed by atoms with Gasteiger partial charge in [0, 0.05) is 43.4 Å². The second-order valence-corrected chi connectivity index (χ2v) is 17.0. The molecule has 1 aliphatic rings. The Morgan fingerprint density at radius 3 is 2.50 bits per heavy atom. The Labute approximate surface area is 298 Å². The van der Waals surface area contributed by atoms with Gasteiger partial charge in [0.05, 0.1) is 35.7 Å². The monoisotopic (exact) mass is 699 g/mol. The highest BCUT2D eigenvalue weighted by atomic mass is 32.2. The van der Waals surface area contributed by atoms with Gasteiger partial charge in [0.2, 0.25) is 11.8 Å². The lowest BCUT2D eigenvalue weighted by molar-refractivity contribution is 0.165. The quantitative estimate of drug-likeness (QED) is 0.178. The van der Waals surface area contributed by atoms with Gasteiger partial charge in [0.15, 0.2) is 0 Å². The molecule has 10 heteroatoms. The molecule has 1 unspecified atom stereocenters. The van der Waals surface area contributed by atoms with Crippen LogP contribution in [0.5, 0.6) is 5.88 Å². The molecule has 3 heterocycles. The van der Waals surface area contributed by atoms with Crippen LogP contribution >= 0.6 is 0 Å². The Balaban J connectivity index is 1.62. The van der Waals surface area contributed by atoms with E-state index in [0.29, 0.717) is 37.1 Å². The van der Waals surface area contributed by atoms with Gasteiger partial charge in [0.1, 0.15) is 0 Å². The molecule has 2 aromatic carbocycles. The van der Waals surface area contributed by atoms with Crippen LogP contribution in [0.4, 0.5) is 11.6 Å². The summed E-state index contributed by atoms with van der Waals surface area (Å²) in [5.41, 5.74) is 7.50. The predicted octanol–water partition coefficient (Wildman–Crippen LogP) is 8.01. The van der Waals surface area contributed by atoms with E-state index in [1.54, 1.807) is 19.2 Å². The molecule has 1 N–H and O–H groups in total. The summed E-state index contributed by atoms with van der Waals surface area (Å²) in [6.07, 6.45) is 4.21. The topological polar surface area (TPSA) is 107 Å². The lowest BCUT2D eigenvalue weighted by atomic mass is 9.74. The number of ether oxygens (including phenoxy) is 2. The molecule has 268 valence electrons. The van der Waals surface area contributed by atoms with Crippen molar-refractivity contribution in [3.05, 3.63) is 88.7 Å². The van der Waals surface area contributed by atoms with Gasteiger partial charge in [-0.25, -0.2) is 18.1 Å². The van der Waals surface area contributed by atoms with Gasteiger partial charge in [-0.3, -0.25) is 4.98 Å². The maximum absolute atomic E-state index is 14.0. The van der Waals surface area contributed by atoms with Crippen molar-refractivity contribution in [1.29, 1.82) is 0 Å². The molecule has 4 bridgehead atoms. The summed E-state index contributed by atoms with van der Waals surface area (Å²) < 4.78 is 42.6. The molecule has 4 aromatic rings. The molecule has 5 rings (SSSR count). The fraction of sp³-hybridized carbons (Fsp3) is 0.475. The second-order valence-electron chi connectivity index (χ2n) is 15.3. The molecule has 2 aromatic heterocycles. The SMILES string of the molecule is COCCN(C)c1ccc(CC2c3cccc(c3)S(=O)(=O)Nc3nc(c(C)c(-c4c(C)cccc4CC(C)C)n3)OC[C@H]2CC(C)(C)C)nc1. The molecule has 1 aliphatic heterocycles. The highest BCUT2D eigenvalue weighted by molar-refractivity contribution is 7.92. The Morgan fingerprint density at radius 2 is 1.82 bits per heavy atom. The minimum Gasteiger partial charge on any atom is -0.477 e. The summed E-state index contributed by atoms with van der Waals surface area (Å²) in [6.45, 7) is 16.9. The smallest absolute Gasteiger partial charge is 0.264 e. The standard InChI is InChI=1S/C40H53N5O4S/c1-26(2)20-30-14-10-12-27(3)36(30)37-28(4)38-43-39(42-37)44-50(46,47)34-15-11-13-29(21-34)35(31(25-49-38)23-40(5,6)7)22-32-16-17-33(24-41-32)45(8)18-19-48-9/h10-17,21,24,26,31,35H,18-20,22-23,25H2,1-9H3,(H,42,43,44)/t31-,35?/m1/s1. The van der Waals surface area contributed by atoms with Crippen LogP contribution in [0.2, 0.25) is 0 Å². The van der Waals surface area contributed by atoms with Crippen LogP contribution in [0.25, 0.3) is 11.3 Å². The third-order valence-corrected chi connectivity index (χ3v) is 10.7. The summed E-state index contributed by atoms with van der Waals surface area (Å²) >= 11 is 0. The van der Waals surface area contributed by atoms with Gasteiger partial charge in [-0.1, -0.05) is 65.0 Å². The molecule has 50 heavy (non-hydrogen) atoms. The first kappa shape index (κ1) is 37.2. The van der Waals surface area contributed by atoms with Crippen LogP contribution in [0.3, 0.4) is 0 Å². The van der Waals surface area contributed by atoms with Gasteiger partial charge >= 0.3 is 0 Å². The summed E-state index contributed by atoms with van der Waals surface area (Å²) in [4.78, 5) is 16.7. The van der Waals surface area contributed by atoms with Crippen LogP contribution in [0.1, 0.15) is 74.9 Å². The van der Waals surface area contributed by atoms with Crippen LogP contribution in [-0.4, -0.2) is 57.3 Å². The molecule has 0 aliphatic carbocycles. The number of likely N-dealkylation sites (N-methyl/N-ethyl adjacent to an activating group) is 1. The van der Waals surface area contributed by atoms with Gasteiger partial charge in [-0.2, -0.15) is 4.98 Å². The number of methoxy groups -OCH3 is 1. The Morgan fingerprint density at radius 1 is 1.06 bits per heavy atom.